The summed E-state index contributed by atoms with van der Waals surface area (Å²) >= 11 is 0. The zero-order valence-corrected chi connectivity index (χ0v) is 14.2. The number of aliphatic imine (C=N–C) groups is 1. The van der Waals surface area contributed by atoms with E-state index in [1.54, 1.807) is 11.0 Å². The van der Waals surface area contributed by atoms with Crippen LogP contribution in [0.3, 0.4) is 0 Å². The average molecular weight is 306 g/mol. The molecule has 0 spiro atoms. The van der Waals surface area contributed by atoms with Crippen LogP contribution in [0.5, 0.6) is 0 Å². The molecule has 1 aromatic heterocycles. The third-order valence-corrected chi connectivity index (χ3v) is 4.41. The number of nitrogens with zero attached hydrogens (tertiary/aromatic N) is 4. The summed E-state index contributed by atoms with van der Waals surface area (Å²) in [6.45, 7) is 5.80. The number of nitrogens with one attached hydrogen (secondary N) is 2. The van der Waals surface area contributed by atoms with Crippen molar-refractivity contribution >= 4 is 5.96 Å². The smallest absolute Gasteiger partial charge is 0.191 e. The normalized spacial score (nSPS) is 22.6. The molecular weight excluding hydrogens is 276 g/mol. The van der Waals surface area contributed by atoms with Gasteiger partial charge in [0.2, 0.25) is 0 Å². The molecule has 6 nitrogen and oxygen atoms in total. The molecule has 1 heterocycles. The molecule has 1 aromatic rings. The van der Waals surface area contributed by atoms with Crippen LogP contribution in [0.4, 0.5) is 0 Å². The van der Waals surface area contributed by atoms with Crippen molar-refractivity contribution in [2.75, 3.05) is 6.54 Å². The van der Waals surface area contributed by atoms with Gasteiger partial charge in [-0.25, -0.2) is 9.98 Å². The molecule has 0 aromatic carbocycles. The van der Waals surface area contributed by atoms with Crippen molar-refractivity contribution in [2.45, 2.75) is 65.0 Å². The topological polar surface area (TPSA) is 67.1 Å². The predicted octanol–water partition coefficient (Wildman–Crippen LogP) is 2.23. The molecule has 0 radical (unpaired) electrons. The van der Waals surface area contributed by atoms with E-state index in [0.29, 0.717) is 12.6 Å². The van der Waals surface area contributed by atoms with E-state index in [-0.39, 0.29) is 0 Å². The van der Waals surface area contributed by atoms with Crippen molar-refractivity contribution in [3.05, 3.63) is 12.2 Å². The Bertz CT molecular complexity index is 459. The van der Waals surface area contributed by atoms with Gasteiger partial charge in [-0.1, -0.05) is 19.8 Å². The highest BCUT2D eigenvalue weighted by molar-refractivity contribution is 5.80. The quantitative estimate of drug-likeness (QED) is 0.625. The zero-order valence-electron chi connectivity index (χ0n) is 14.2. The Morgan fingerprint density at radius 1 is 1.32 bits per heavy atom. The van der Waals surface area contributed by atoms with Gasteiger partial charge in [0.1, 0.15) is 18.7 Å². The molecule has 1 saturated carbocycles. The molecule has 0 amide bonds. The highest BCUT2D eigenvalue weighted by atomic mass is 15.3. The molecule has 2 rings (SSSR count). The number of hydrogen-bond donors (Lipinski definition) is 2. The summed E-state index contributed by atoms with van der Waals surface area (Å²) in [5.41, 5.74) is 0. The Morgan fingerprint density at radius 3 is 2.68 bits per heavy atom. The van der Waals surface area contributed by atoms with Crippen molar-refractivity contribution in [3.8, 4) is 0 Å². The van der Waals surface area contributed by atoms with E-state index >= 15 is 0 Å². The lowest BCUT2D eigenvalue weighted by Gasteiger charge is -2.30. The Labute approximate surface area is 133 Å². The molecule has 0 unspecified atom stereocenters. The first kappa shape index (κ1) is 16.8. The van der Waals surface area contributed by atoms with E-state index in [0.717, 1.165) is 24.2 Å². The summed E-state index contributed by atoms with van der Waals surface area (Å²) in [6, 6.07) is 0.547. The van der Waals surface area contributed by atoms with E-state index in [9.17, 15) is 0 Å². The summed E-state index contributed by atoms with van der Waals surface area (Å²) in [5, 5.41) is 11.0. The number of guanidine groups is 1. The molecule has 6 heteroatoms. The molecule has 0 aliphatic heterocycles. The van der Waals surface area contributed by atoms with Crippen molar-refractivity contribution < 1.29 is 0 Å². The van der Waals surface area contributed by atoms with E-state index in [1.807, 2.05) is 7.05 Å². The van der Waals surface area contributed by atoms with Crippen molar-refractivity contribution in [2.24, 2.45) is 18.0 Å². The van der Waals surface area contributed by atoms with Gasteiger partial charge in [0.15, 0.2) is 5.96 Å². The minimum absolute atomic E-state index is 0.547. The Balaban J connectivity index is 1.85. The lowest BCUT2D eigenvalue weighted by Crippen LogP contribution is -2.44. The number of aryl methyl sites for hydroxylation is 1. The van der Waals surface area contributed by atoms with Crippen molar-refractivity contribution in [3.63, 3.8) is 0 Å². The monoisotopic (exact) mass is 306 g/mol. The van der Waals surface area contributed by atoms with Gasteiger partial charge in [-0.2, -0.15) is 5.10 Å². The molecule has 0 saturated heterocycles. The van der Waals surface area contributed by atoms with Gasteiger partial charge in [-0.05, 0) is 38.5 Å². The fraction of sp³-hybridized carbons (Fsp3) is 0.812. The van der Waals surface area contributed by atoms with Crippen molar-refractivity contribution in [1.82, 2.24) is 25.4 Å². The lowest BCUT2D eigenvalue weighted by atomic mass is 9.83. The van der Waals surface area contributed by atoms with Crippen molar-refractivity contribution in [1.29, 1.82) is 0 Å². The Morgan fingerprint density at radius 2 is 2.09 bits per heavy atom. The van der Waals surface area contributed by atoms with Gasteiger partial charge in [-0.15, -0.1) is 0 Å². The maximum absolute atomic E-state index is 4.64. The molecule has 0 bridgehead atoms. The lowest BCUT2D eigenvalue weighted by molar-refractivity contribution is 0.295. The summed E-state index contributed by atoms with van der Waals surface area (Å²) in [4.78, 5) is 8.85. The first-order valence-electron chi connectivity index (χ1n) is 8.60. The zero-order chi connectivity index (χ0) is 15.8. The van der Waals surface area contributed by atoms with Gasteiger partial charge in [0.05, 0.1) is 0 Å². The highest BCUT2D eigenvalue weighted by Gasteiger charge is 2.21. The maximum atomic E-state index is 4.64. The molecule has 0 atom stereocenters. The van der Waals surface area contributed by atoms with E-state index in [2.05, 4.69) is 39.6 Å². The van der Waals surface area contributed by atoms with Gasteiger partial charge in [0.25, 0.3) is 0 Å². The molecule has 1 fully saturated rings. The standard InChI is InChI=1S/C16H30N6/c1-4-6-13-7-9-14(10-8-13)21-16(17-5-2)18-11-15-19-12-20-22(15)3/h12-14H,4-11H2,1-3H3,(H2,17,18,21). The molecule has 22 heavy (non-hydrogen) atoms. The number of rotatable bonds is 6. The SMILES string of the molecule is CCCC1CCC(NC(=NCc2ncnn2C)NCC)CC1. The third-order valence-electron chi connectivity index (χ3n) is 4.41. The van der Waals surface area contributed by atoms with Crippen LogP contribution in [0.25, 0.3) is 0 Å². The number of hydrogen-bond acceptors (Lipinski definition) is 3. The largest absolute Gasteiger partial charge is 0.357 e. The van der Waals surface area contributed by atoms with Crippen LogP contribution in [0.1, 0.15) is 58.2 Å². The first-order valence-corrected chi connectivity index (χ1v) is 8.60. The number of aromatic nitrogens is 3. The van der Waals surface area contributed by atoms with Gasteiger partial charge < -0.3 is 10.6 Å². The first-order chi connectivity index (χ1) is 10.7. The van der Waals surface area contributed by atoms with Gasteiger partial charge in [0, 0.05) is 19.6 Å². The summed E-state index contributed by atoms with van der Waals surface area (Å²) < 4.78 is 1.77. The van der Waals surface area contributed by atoms with Gasteiger partial charge in [-0.3, -0.25) is 4.68 Å². The Hall–Kier alpha value is -1.59. The molecular formula is C16H30N6. The van der Waals surface area contributed by atoms with Gasteiger partial charge >= 0.3 is 0 Å². The van der Waals surface area contributed by atoms with E-state index < -0.39 is 0 Å². The second-order valence-electron chi connectivity index (χ2n) is 6.15. The fourth-order valence-electron chi connectivity index (χ4n) is 3.13. The van der Waals surface area contributed by atoms with E-state index in [4.69, 9.17) is 0 Å². The highest BCUT2D eigenvalue weighted by Crippen LogP contribution is 2.27. The van der Waals surface area contributed by atoms with Crippen LogP contribution in [-0.4, -0.2) is 33.3 Å². The van der Waals surface area contributed by atoms with Crippen LogP contribution in [0.15, 0.2) is 11.3 Å². The van der Waals surface area contributed by atoms with Crippen LogP contribution in [0.2, 0.25) is 0 Å². The summed E-state index contributed by atoms with van der Waals surface area (Å²) in [6.07, 6.45) is 9.44. The Kier molecular flexibility index (Phi) is 6.68. The molecule has 124 valence electrons. The average Bonchev–Trinajstić information content (AvgIpc) is 2.92. The van der Waals surface area contributed by atoms with Crippen LogP contribution in [-0.2, 0) is 13.6 Å². The minimum atomic E-state index is 0.547. The second kappa shape index (κ2) is 8.76. The predicted molar refractivity (Wildman–Crippen MR) is 89.6 cm³/mol. The second-order valence-corrected chi connectivity index (χ2v) is 6.15. The van der Waals surface area contributed by atoms with Crippen LogP contribution < -0.4 is 10.6 Å². The summed E-state index contributed by atoms with van der Waals surface area (Å²) in [7, 11) is 1.90. The molecule has 2 N–H and O–H groups in total. The van der Waals surface area contributed by atoms with E-state index in [1.165, 1.54) is 38.5 Å². The molecule has 1 aliphatic rings. The maximum Gasteiger partial charge on any atom is 0.191 e. The summed E-state index contributed by atoms with van der Waals surface area (Å²) in [5.74, 6) is 2.70. The fourth-order valence-corrected chi connectivity index (χ4v) is 3.13. The third kappa shape index (κ3) is 5.00. The van der Waals surface area contributed by atoms with Crippen LogP contribution >= 0.6 is 0 Å². The minimum Gasteiger partial charge on any atom is -0.357 e. The molecule has 1 aliphatic carbocycles. The van der Waals surface area contributed by atoms with Crippen LogP contribution in [0, 0.1) is 5.92 Å².